The molecule has 0 bridgehead atoms. The number of Topliss-reactive ketones (excluding diaryl/α,β-unsaturated/α-hetero) is 1. The van der Waals surface area contributed by atoms with E-state index in [2.05, 4.69) is 20.1 Å². The number of hydrogen-bond acceptors (Lipinski definition) is 6. The second-order valence-corrected chi connectivity index (χ2v) is 7.84. The zero-order valence-electron chi connectivity index (χ0n) is 17.9. The Morgan fingerprint density at radius 3 is 2.42 bits per heavy atom. The average Bonchev–Trinajstić information content (AvgIpc) is 3.55. The molecule has 1 saturated heterocycles. The van der Waals surface area contributed by atoms with E-state index < -0.39 is 11.7 Å². The number of aromatic amines is 1. The molecule has 0 spiro atoms. The molecule has 1 N–H and O–H groups in total. The molecule has 4 heterocycles. The van der Waals surface area contributed by atoms with Crippen molar-refractivity contribution in [1.29, 1.82) is 0 Å². The highest BCUT2D eigenvalue weighted by Crippen LogP contribution is 2.26. The van der Waals surface area contributed by atoms with E-state index in [-0.39, 0.29) is 5.91 Å². The van der Waals surface area contributed by atoms with E-state index in [1.807, 2.05) is 25.1 Å². The van der Waals surface area contributed by atoms with Crippen molar-refractivity contribution in [1.82, 2.24) is 34.5 Å². The summed E-state index contributed by atoms with van der Waals surface area (Å²) in [7, 11) is 0. The van der Waals surface area contributed by atoms with Crippen LogP contribution in [0, 0.1) is 6.92 Å². The van der Waals surface area contributed by atoms with Crippen LogP contribution in [-0.2, 0) is 4.79 Å². The Morgan fingerprint density at radius 2 is 1.73 bits per heavy atom. The topological polar surface area (TPSA) is 117 Å². The summed E-state index contributed by atoms with van der Waals surface area (Å²) in [5.41, 5.74) is 2.28. The molecule has 1 aromatic carbocycles. The third-order valence-corrected chi connectivity index (χ3v) is 5.83. The van der Waals surface area contributed by atoms with Crippen LogP contribution in [0.1, 0.15) is 26.3 Å². The van der Waals surface area contributed by atoms with E-state index in [1.54, 1.807) is 23.2 Å². The van der Waals surface area contributed by atoms with E-state index in [0.717, 1.165) is 5.56 Å². The minimum Gasteiger partial charge on any atom is -0.357 e. The van der Waals surface area contributed by atoms with Crippen LogP contribution in [0.2, 0.25) is 0 Å². The maximum atomic E-state index is 13.2. The molecule has 1 aliphatic rings. The van der Waals surface area contributed by atoms with Gasteiger partial charge in [0.1, 0.15) is 12.7 Å². The van der Waals surface area contributed by atoms with Crippen LogP contribution in [0.25, 0.3) is 16.7 Å². The van der Waals surface area contributed by atoms with Crippen molar-refractivity contribution in [2.45, 2.75) is 6.92 Å². The molecule has 1 aliphatic heterocycles. The van der Waals surface area contributed by atoms with E-state index in [4.69, 9.17) is 0 Å². The summed E-state index contributed by atoms with van der Waals surface area (Å²) in [6.07, 6.45) is 6.09. The van der Waals surface area contributed by atoms with Crippen LogP contribution in [0.4, 0.5) is 0 Å². The minimum absolute atomic E-state index is 0.0746. The van der Waals surface area contributed by atoms with Crippen LogP contribution in [-0.4, -0.2) is 78.3 Å². The number of aromatic nitrogens is 5. The van der Waals surface area contributed by atoms with Gasteiger partial charge in [0.05, 0.1) is 11.1 Å². The highest BCUT2D eigenvalue weighted by Gasteiger charge is 2.30. The van der Waals surface area contributed by atoms with Gasteiger partial charge in [0.2, 0.25) is 0 Å². The third-order valence-electron chi connectivity index (χ3n) is 5.83. The Labute approximate surface area is 188 Å². The molecule has 0 radical (unpaired) electrons. The first kappa shape index (κ1) is 20.6. The van der Waals surface area contributed by atoms with Gasteiger partial charge in [-0.25, -0.2) is 14.6 Å². The lowest BCUT2D eigenvalue weighted by atomic mass is 10.1. The number of benzene rings is 1. The summed E-state index contributed by atoms with van der Waals surface area (Å²) in [4.78, 5) is 53.4. The Hall–Kier alpha value is -4.34. The number of carbonyl (C=O) groups excluding carboxylic acids is 3. The molecule has 10 nitrogen and oxygen atoms in total. The van der Waals surface area contributed by atoms with Crippen molar-refractivity contribution in [3.05, 3.63) is 72.1 Å². The van der Waals surface area contributed by atoms with Gasteiger partial charge < -0.3 is 14.8 Å². The second-order valence-electron chi connectivity index (χ2n) is 7.84. The largest absolute Gasteiger partial charge is 0.357 e. The van der Waals surface area contributed by atoms with Gasteiger partial charge in [0.15, 0.2) is 5.82 Å². The number of ketones is 1. The van der Waals surface area contributed by atoms with Gasteiger partial charge in [-0.05, 0) is 24.6 Å². The molecule has 1 fully saturated rings. The SMILES string of the molecule is Cc1cnc(-n2cncn2)c2[nH]cc(C(=O)C(=O)N3CCN(C(=O)c4ccccc4)CC3)c12. The van der Waals surface area contributed by atoms with Crippen LogP contribution >= 0.6 is 0 Å². The standard InChI is InChI=1S/C23H21N7O3/c1-15-11-26-21(30-14-24-13-27-30)19-18(15)17(12-25-19)20(31)23(33)29-9-7-28(8-10-29)22(32)16-5-3-2-4-6-16/h2-6,11-14,25H,7-10H2,1H3. The van der Waals surface area contributed by atoms with Crippen molar-refractivity contribution in [2.24, 2.45) is 0 Å². The summed E-state index contributed by atoms with van der Waals surface area (Å²) in [6, 6.07) is 9.03. The summed E-state index contributed by atoms with van der Waals surface area (Å²) < 4.78 is 1.50. The molecule has 3 aromatic heterocycles. The van der Waals surface area contributed by atoms with Crippen molar-refractivity contribution in [2.75, 3.05) is 26.2 Å². The first-order chi connectivity index (χ1) is 16.0. The number of nitrogens with one attached hydrogen (secondary N) is 1. The molecule has 2 amide bonds. The van der Waals surface area contributed by atoms with Gasteiger partial charge in [-0.1, -0.05) is 18.2 Å². The number of piperazine rings is 1. The Balaban J connectivity index is 1.34. The highest BCUT2D eigenvalue weighted by molar-refractivity contribution is 6.45. The molecular weight excluding hydrogens is 422 g/mol. The number of nitrogens with zero attached hydrogens (tertiary/aromatic N) is 6. The fourth-order valence-corrected chi connectivity index (χ4v) is 4.10. The Morgan fingerprint density at radius 1 is 1.00 bits per heavy atom. The molecule has 0 unspecified atom stereocenters. The molecule has 0 saturated carbocycles. The van der Waals surface area contributed by atoms with Gasteiger partial charge in [-0.3, -0.25) is 14.4 Å². The summed E-state index contributed by atoms with van der Waals surface area (Å²) >= 11 is 0. The first-order valence-corrected chi connectivity index (χ1v) is 10.5. The number of amides is 2. The second kappa shape index (κ2) is 8.30. The molecule has 166 valence electrons. The predicted octanol–water partition coefficient (Wildman–Crippen LogP) is 1.62. The number of pyridine rings is 1. The van der Waals surface area contributed by atoms with Crippen molar-refractivity contribution in [3.8, 4) is 5.82 Å². The maximum absolute atomic E-state index is 13.2. The molecular formula is C23H21N7O3. The number of rotatable bonds is 4. The minimum atomic E-state index is -0.595. The molecule has 5 rings (SSSR count). The van der Waals surface area contributed by atoms with Crippen LogP contribution in [0.3, 0.4) is 0 Å². The van der Waals surface area contributed by atoms with Gasteiger partial charge in [-0.2, -0.15) is 5.10 Å². The van der Waals surface area contributed by atoms with E-state index in [9.17, 15) is 14.4 Å². The van der Waals surface area contributed by atoms with E-state index in [1.165, 1.54) is 28.4 Å². The Kier molecular flexibility index (Phi) is 5.17. The highest BCUT2D eigenvalue weighted by atomic mass is 16.2. The van der Waals surface area contributed by atoms with E-state index in [0.29, 0.717) is 54.0 Å². The van der Waals surface area contributed by atoms with Gasteiger partial charge >= 0.3 is 0 Å². The summed E-state index contributed by atoms with van der Waals surface area (Å²) in [5.74, 6) is -0.758. The van der Waals surface area contributed by atoms with Crippen LogP contribution in [0.15, 0.2) is 55.4 Å². The van der Waals surface area contributed by atoms with Gasteiger partial charge in [0, 0.05) is 49.5 Å². The smallest absolute Gasteiger partial charge is 0.295 e. The zero-order valence-corrected chi connectivity index (χ0v) is 17.9. The average molecular weight is 443 g/mol. The fourth-order valence-electron chi connectivity index (χ4n) is 4.10. The number of H-pyrrole nitrogens is 1. The lowest BCUT2D eigenvalue weighted by Gasteiger charge is -2.34. The monoisotopic (exact) mass is 443 g/mol. The predicted molar refractivity (Wildman–Crippen MR) is 119 cm³/mol. The fraction of sp³-hybridized carbons (Fsp3) is 0.217. The van der Waals surface area contributed by atoms with Crippen molar-refractivity contribution >= 4 is 28.5 Å². The van der Waals surface area contributed by atoms with Crippen molar-refractivity contribution < 1.29 is 14.4 Å². The molecule has 33 heavy (non-hydrogen) atoms. The lowest BCUT2D eigenvalue weighted by Crippen LogP contribution is -2.52. The quantitative estimate of drug-likeness (QED) is 0.378. The lowest BCUT2D eigenvalue weighted by molar-refractivity contribution is -0.127. The molecule has 0 aliphatic carbocycles. The number of fused-ring (bicyclic) bond motifs is 1. The molecule has 0 atom stereocenters. The summed E-state index contributed by atoms with van der Waals surface area (Å²) in [5, 5.41) is 4.73. The normalized spacial score (nSPS) is 14.0. The number of aryl methyl sites for hydroxylation is 1. The third kappa shape index (κ3) is 3.65. The van der Waals surface area contributed by atoms with Crippen molar-refractivity contribution in [3.63, 3.8) is 0 Å². The van der Waals surface area contributed by atoms with Gasteiger partial charge in [0.25, 0.3) is 17.6 Å². The van der Waals surface area contributed by atoms with E-state index >= 15 is 0 Å². The summed E-state index contributed by atoms with van der Waals surface area (Å²) in [6.45, 7) is 3.19. The maximum Gasteiger partial charge on any atom is 0.295 e. The zero-order chi connectivity index (χ0) is 22.9. The molecule has 10 heteroatoms. The number of hydrogen-bond donors (Lipinski definition) is 1. The first-order valence-electron chi connectivity index (χ1n) is 10.5. The number of carbonyl (C=O) groups is 3. The van der Waals surface area contributed by atoms with Gasteiger partial charge in [-0.15, -0.1) is 0 Å². The van der Waals surface area contributed by atoms with Crippen LogP contribution < -0.4 is 0 Å². The van der Waals surface area contributed by atoms with Crippen LogP contribution in [0.5, 0.6) is 0 Å². The Bertz CT molecular complexity index is 1340. The molecule has 4 aromatic rings.